The minimum Gasteiger partial charge on any atom is -0.263 e. The summed E-state index contributed by atoms with van der Waals surface area (Å²) in [6.45, 7) is 5.80. The van der Waals surface area contributed by atoms with Crippen molar-refractivity contribution in [2.24, 2.45) is 5.50 Å². The highest BCUT2D eigenvalue weighted by Crippen LogP contribution is 2.54. The smallest absolute Gasteiger partial charge is 0.263 e. The highest BCUT2D eigenvalue weighted by molar-refractivity contribution is 8.07. The molecule has 0 heterocycles. The molecule has 4 nitrogen and oxygen atoms in total. The summed E-state index contributed by atoms with van der Waals surface area (Å²) in [5, 5.41) is 0. The minimum atomic E-state index is -3.23. The van der Waals surface area contributed by atoms with Gasteiger partial charge in [0.05, 0.1) is 5.69 Å². The highest BCUT2D eigenvalue weighted by atomic mass is 32.2. The van der Waals surface area contributed by atoms with Crippen LogP contribution in [-0.4, -0.2) is 17.8 Å². The predicted molar refractivity (Wildman–Crippen MR) is 114 cm³/mol. The van der Waals surface area contributed by atoms with Gasteiger partial charge in [-0.2, -0.15) is 0 Å². The van der Waals surface area contributed by atoms with Gasteiger partial charge < -0.3 is 0 Å². The Labute approximate surface area is 162 Å². The first kappa shape index (κ1) is 21.0. The lowest BCUT2D eigenvalue weighted by Crippen LogP contribution is -2.34. The average molecular weight is 392 g/mol. The number of hydrogen-bond donors (Lipinski definition) is 1. The lowest BCUT2D eigenvalue weighted by atomic mass is 10.3. The van der Waals surface area contributed by atoms with Crippen molar-refractivity contribution < 1.29 is 4.57 Å². The molecule has 2 aromatic rings. The van der Waals surface area contributed by atoms with Crippen molar-refractivity contribution in [3.8, 4) is 0 Å². The molecular weight excluding hydrogens is 361 g/mol. The Bertz CT molecular complexity index is 676. The van der Waals surface area contributed by atoms with Gasteiger partial charge in [0.2, 0.25) is 0 Å². The van der Waals surface area contributed by atoms with Crippen LogP contribution in [0, 0.1) is 0 Å². The van der Waals surface area contributed by atoms with Crippen LogP contribution in [0.4, 0.5) is 5.69 Å². The Hall–Kier alpha value is -1.26. The lowest BCUT2D eigenvalue weighted by molar-refractivity contribution is 0.394. The number of benzene rings is 2. The molecule has 0 radical (unpaired) electrons. The van der Waals surface area contributed by atoms with Gasteiger partial charge in [-0.1, -0.05) is 63.1 Å². The Balaban J connectivity index is 2.35. The fraction of sp³-hybridized carbons (Fsp3) is 0.400. The molecule has 1 atom stereocenters. The van der Waals surface area contributed by atoms with Crippen LogP contribution in [0.15, 0.2) is 65.6 Å². The number of anilines is 1. The quantitative estimate of drug-likeness (QED) is 0.367. The number of unbranched alkanes of at least 4 members (excludes halogenated alkanes) is 2. The molecule has 0 amide bonds. The number of nitrogens with two attached hydrogens (primary N) is 1. The molecule has 0 fully saturated rings. The Morgan fingerprint density at radius 1 is 0.885 bits per heavy atom. The molecule has 0 spiro atoms. The second kappa shape index (κ2) is 10.8. The molecule has 0 aliphatic rings. The maximum absolute atomic E-state index is 13.8. The first-order valence-corrected chi connectivity index (χ1v) is 11.8. The summed E-state index contributed by atoms with van der Waals surface area (Å²) in [5.41, 5.74) is 7.42. The molecule has 2 rings (SSSR count). The van der Waals surface area contributed by atoms with E-state index in [1.807, 2.05) is 69.4 Å². The molecule has 1 unspecified atom stereocenters. The van der Waals surface area contributed by atoms with Gasteiger partial charge in [-0.15, -0.1) is 0 Å². The summed E-state index contributed by atoms with van der Waals surface area (Å²) >= 11 is 1.45. The third-order valence-corrected chi connectivity index (χ3v) is 7.89. The van der Waals surface area contributed by atoms with E-state index in [1.165, 1.54) is 11.9 Å². The number of para-hydroxylation sites is 1. The molecular formula is C20H30N3OPS. The average Bonchev–Trinajstić information content (AvgIpc) is 2.67. The Morgan fingerprint density at radius 3 is 1.88 bits per heavy atom. The van der Waals surface area contributed by atoms with Crippen LogP contribution in [0.5, 0.6) is 0 Å². The van der Waals surface area contributed by atoms with E-state index in [0.717, 1.165) is 49.4 Å². The maximum Gasteiger partial charge on any atom is 0.316 e. The first-order valence-electron chi connectivity index (χ1n) is 9.32. The van der Waals surface area contributed by atoms with Gasteiger partial charge in [-0.3, -0.25) is 10.1 Å². The summed E-state index contributed by atoms with van der Waals surface area (Å²) in [6.07, 6.45) is 4.09. The van der Waals surface area contributed by atoms with Crippen molar-refractivity contribution >= 4 is 25.2 Å². The van der Waals surface area contributed by atoms with E-state index in [4.69, 9.17) is 5.50 Å². The topological polar surface area (TPSA) is 49.6 Å². The van der Waals surface area contributed by atoms with E-state index in [1.54, 1.807) is 0 Å². The van der Waals surface area contributed by atoms with Gasteiger partial charge in [0, 0.05) is 18.0 Å². The Morgan fingerprint density at radius 2 is 1.38 bits per heavy atom. The summed E-state index contributed by atoms with van der Waals surface area (Å²) in [4.78, 5) is 1.02. The van der Waals surface area contributed by atoms with Gasteiger partial charge in [0.1, 0.15) is 0 Å². The largest absolute Gasteiger partial charge is 0.316 e. The molecule has 0 aromatic heterocycles. The molecule has 0 saturated heterocycles. The van der Waals surface area contributed by atoms with Gasteiger partial charge >= 0.3 is 7.59 Å². The monoisotopic (exact) mass is 391 g/mol. The second-order valence-corrected chi connectivity index (χ2v) is 9.70. The van der Waals surface area contributed by atoms with Crippen molar-refractivity contribution in [2.75, 3.05) is 17.2 Å². The van der Waals surface area contributed by atoms with Crippen molar-refractivity contribution in [1.82, 2.24) is 4.67 Å². The van der Waals surface area contributed by atoms with Crippen LogP contribution in [0.2, 0.25) is 0 Å². The van der Waals surface area contributed by atoms with Crippen LogP contribution in [0.1, 0.15) is 39.5 Å². The zero-order chi connectivity index (χ0) is 18.8. The molecule has 0 bridgehead atoms. The predicted octanol–water partition coefficient (Wildman–Crippen LogP) is 6.17. The molecule has 26 heavy (non-hydrogen) atoms. The molecule has 142 valence electrons. The standard InChI is InChI=1S/C20H30N3OPS/c1-3-5-17-22(18-6-4-2)25(21,24)23(19-13-9-7-10-14-19)26-20-15-11-8-12-16-20/h7-16H,3-6,17-18H2,1-2H3,(H2,21,24). The Kier molecular flexibility index (Phi) is 8.73. The van der Waals surface area contributed by atoms with Gasteiger partial charge in [-0.05, 0) is 49.1 Å². The molecule has 2 aromatic carbocycles. The summed E-state index contributed by atoms with van der Waals surface area (Å²) < 4.78 is 17.6. The van der Waals surface area contributed by atoms with Crippen LogP contribution < -0.4 is 9.58 Å². The zero-order valence-electron chi connectivity index (χ0n) is 15.8. The second-order valence-electron chi connectivity index (χ2n) is 6.26. The summed E-state index contributed by atoms with van der Waals surface area (Å²) in [7, 11) is -3.23. The van der Waals surface area contributed by atoms with Crippen molar-refractivity contribution in [2.45, 2.75) is 44.4 Å². The highest BCUT2D eigenvalue weighted by Gasteiger charge is 2.34. The third kappa shape index (κ3) is 5.88. The fourth-order valence-electron chi connectivity index (χ4n) is 2.61. The number of nitrogens with zero attached hydrogens (tertiary/aromatic N) is 2. The molecule has 6 heteroatoms. The van der Waals surface area contributed by atoms with E-state index in [2.05, 4.69) is 13.8 Å². The van der Waals surface area contributed by atoms with E-state index >= 15 is 0 Å². The molecule has 2 N–H and O–H groups in total. The summed E-state index contributed by atoms with van der Waals surface area (Å²) in [5.74, 6) is 0. The van der Waals surface area contributed by atoms with Gasteiger partial charge in [0.25, 0.3) is 0 Å². The van der Waals surface area contributed by atoms with Crippen molar-refractivity contribution in [3.05, 3.63) is 60.7 Å². The third-order valence-electron chi connectivity index (χ3n) is 4.12. The van der Waals surface area contributed by atoms with Crippen LogP contribution >= 0.6 is 19.5 Å². The normalized spacial score (nSPS) is 13.5. The molecule has 0 aliphatic heterocycles. The summed E-state index contributed by atoms with van der Waals surface area (Å²) in [6, 6.07) is 19.8. The van der Waals surface area contributed by atoms with Gasteiger partial charge in [-0.25, -0.2) is 8.75 Å². The molecule has 0 saturated carbocycles. The SMILES string of the molecule is CCCCN(CCCC)P(N)(=O)N(Sc1ccccc1)c1ccccc1. The van der Waals surface area contributed by atoms with E-state index in [9.17, 15) is 4.57 Å². The number of hydrogen-bond acceptors (Lipinski definition) is 2. The number of rotatable bonds is 11. The fourth-order valence-corrected chi connectivity index (χ4v) is 5.92. The van der Waals surface area contributed by atoms with E-state index < -0.39 is 7.59 Å². The van der Waals surface area contributed by atoms with Crippen molar-refractivity contribution in [3.63, 3.8) is 0 Å². The van der Waals surface area contributed by atoms with Crippen molar-refractivity contribution in [1.29, 1.82) is 0 Å². The first-order chi connectivity index (χ1) is 12.6. The maximum atomic E-state index is 13.8. The van der Waals surface area contributed by atoms with Crippen LogP contribution in [-0.2, 0) is 4.57 Å². The van der Waals surface area contributed by atoms with E-state index in [0.29, 0.717) is 0 Å². The van der Waals surface area contributed by atoms with Crippen LogP contribution in [0.3, 0.4) is 0 Å². The van der Waals surface area contributed by atoms with E-state index in [-0.39, 0.29) is 0 Å². The lowest BCUT2D eigenvalue weighted by Gasteiger charge is -2.36. The minimum absolute atomic E-state index is 0.753. The van der Waals surface area contributed by atoms with Gasteiger partial charge in [0.15, 0.2) is 0 Å². The molecule has 0 aliphatic carbocycles. The zero-order valence-corrected chi connectivity index (χ0v) is 17.5. The van der Waals surface area contributed by atoms with Crippen LogP contribution in [0.25, 0.3) is 0 Å².